The third kappa shape index (κ3) is 4.68. The minimum absolute atomic E-state index is 0.0440. The fraction of sp³-hybridized carbons (Fsp3) is 0.375. The molecule has 0 spiro atoms. The zero-order valence-corrected chi connectivity index (χ0v) is 19.7. The first-order valence-electron chi connectivity index (χ1n) is 11.0. The molecule has 2 heterocycles. The molecule has 1 aromatic heterocycles. The van der Waals surface area contributed by atoms with Gasteiger partial charge in [0.1, 0.15) is 29.4 Å². The van der Waals surface area contributed by atoms with Crippen LogP contribution < -0.4 is 21.5 Å². The lowest BCUT2D eigenvalue weighted by Crippen LogP contribution is -2.49. The largest absolute Gasteiger partial charge is 0.505 e. The topological polar surface area (TPSA) is 121 Å². The first-order valence-corrected chi connectivity index (χ1v) is 11.0. The highest BCUT2D eigenvalue weighted by Gasteiger charge is 2.45. The summed E-state index contributed by atoms with van der Waals surface area (Å²) in [5.74, 6) is -0.526. The Morgan fingerprint density at radius 2 is 1.83 bits per heavy atom. The minimum atomic E-state index is -4.62. The van der Waals surface area contributed by atoms with E-state index in [4.69, 9.17) is 9.15 Å². The highest BCUT2D eigenvalue weighted by atomic mass is 19.4. The number of phenols is 1. The van der Waals surface area contributed by atoms with Gasteiger partial charge in [0, 0.05) is 12.5 Å². The van der Waals surface area contributed by atoms with Crippen molar-refractivity contribution in [2.75, 3.05) is 37.4 Å². The van der Waals surface area contributed by atoms with E-state index in [2.05, 4.69) is 10.6 Å². The Kier molecular flexibility index (Phi) is 6.33. The number of carbonyl (C=O) groups excluding carboxylic acids is 1. The van der Waals surface area contributed by atoms with E-state index in [1.165, 1.54) is 12.1 Å². The zero-order chi connectivity index (χ0) is 26.4. The average Bonchev–Trinajstić information content (AvgIpc) is 3.21. The summed E-state index contributed by atoms with van der Waals surface area (Å²) in [6.45, 7) is 2.97. The molecule has 1 fully saturated rings. The lowest BCUT2D eigenvalue weighted by molar-refractivity contribution is -0.138. The predicted octanol–water partition coefficient (Wildman–Crippen LogP) is 3.46. The van der Waals surface area contributed by atoms with Crippen LogP contribution in [0.1, 0.15) is 34.8 Å². The van der Waals surface area contributed by atoms with Gasteiger partial charge in [-0.2, -0.15) is 13.2 Å². The van der Waals surface area contributed by atoms with Crippen molar-refractivity contribution in [2.45, 2.75) is 26.1 Å². The number of anilines is 3. The van der Waals surface area contributed by atoms with Crippen LogP contribution in [0.4, 0.5) is 30.2 Å². The van der Waals surface area contributed by atoms with Crippen LogP contribution in [0.15, 0.2) is 44.3 Å². The van der Waals surface area contributed by atoms with E-state index in [1.54, 1.807) is 19.1 Å². The summed E-state index contributed by atoms with van der Waals surface area (Å²) in [4.78, 5) is 37.7. The van der Waals surface area contributed by atoms with E-state index in [0.29, 0.717) is 29.6 Å². The van der Waals surface area contributed by atoms with E-state index >= 15 is 0 Å². The summed E-state index contributed by atoms with van der Waals surface area (Å²) >= 11 is 0. The first-order chi connectivity index (χ1) is 16.8. The van der Waals surface area contributed by atoms with Crippen molar-refractivity contribution in [3.05, 3.63) is 67.9 Å². The van der Waals surface area contributed by atoms with Crippen LogP contribution in [0.25, 0.3) is 0 Å². The number of amides is 1. The van der Waals surface area contributed by atoms with Gasteiger partial charge in [0.25, 0.3) is 16.8 Å². The van der Waals surface area contributed by atoms with Crippen LogP contribution in [0.5, 0.6) is 5.75 Å². The molecular weight excluding hydrogens is 483 g/mol. The van der Waals surface area contributed by atoms with E-state index < -0.39 is 52.3 Å². The number of nitrogens with zero attached hydrogens (tertiary/aromatic N) is 1. The van der Waals surface area contributed by atoms with Gasteiger partial charge in [-0.25, -0.2) is 0 Å². The molecule has 2 aromatic carbocycles. The molecule has 192 valence electrons. The van der Waals surface area contributed by atoms with Crippen molar-refractivity contribution < 1.29 is 32.2 Å². The second-order valence-corrected chi connectivity index (χ2v) is 9.18. The van der Waals surface area contributed by atoms with Crippen LogP contribution in [0.3, 0.4) is 0 Å². The number of hydrogen-bond donors (Lipinski definition) is 3. The Morgan fingerprint density at radius 3 is 2.39 bits per heavy atom. The van der Waals surface area contributed by atoms with Gasteiger partial charge in [0.15, 0.2) is 5.75 Å². The lowest BCUT2D eigenvalue weighted by atomic mass is 9.79. The highest BCUT2D eigenvalue weighted by molar-refractivity contribution is 5.99. The number of alkyl halides is 3. The number of halogens is 3. The Bertz CT molecular complexity index is 1370. The fourth-order valence-electron chi connectivity index (χ4n) is 4.08. The van der Waals surface area contributed by atoms with Crippen molar-refractivity contribution in [1.82, 2.24) is 4.90 Å². The molecule has 3 aromatic rings. The van der Waals surface area contributed by atoms with Gasteiger partial charge in [-0.3, -0.25) is 14.4 Å². The van der Waals surface area contributed by atoms with Crippen molar-refractivity contribution in [3.63, 3.8) is 0 Å². The minimum Gasteiger partial charge on any atom is -0.505 e. The lowest BCUT2D eigenvalue weighted by Gasteiger charge is -2.44. The summed E-state index contributed by atoms with van der Waals surface area (Å²) < 4.78 is 49.2. The number of benzene rings is 1. The van der Waals surface area contributed by atoms with Gasteiger partial charge < -0.3 is 29.8 Å². The summed E-state index contributed by atoms with van der Waals surface area (Å²) in [6.07, 6.45) is -4.62. The quantitative estimate of drug-likeness (QED) is 0.313. The van der Waals surface area contributed by atoms with Crippen molar-refractivity contribution >= 4 is 23.0 Å². The zero-order valence-electron chi connectivity index (χ0n) is 19.7. The molecule has 1 aliphatic heterocycles. The average molecular weight is 507 g/mol. The maximum Gasteiger partial charge on any atom is 0.406 e. The molecule has 4 rings (SSSR count). The Hall–Kier alpha value is -3.80. The number of ether oxygens (including phenoxy) is 1. The molecule has 3 N–H and O–H groups in total. The summed E-state index contributed by atoms with van der Waals surface area (Å²) in [6, 6.07) is 6.82. The molecule has 0 bridgehead atoms. The SMILES string of the molecule is Cc1ccc([C@H](Nc2c(Nc3cccc(C(=O)N(C)CC(F)(F)F)c3O)c(=O)c2=O)C2(C)COC2)o1. The van der Waals surface area contributed by atoms with Gasteiger partial charge >= 0.3 is 6.18 Å². The van der Waals surface area contributed by atoms with Gasteiger partial charge in [-0.1, -0.05) is 13.0 Å². The molecule has 9 nitrogen and oxygen atoms in total. The maximum atomic E-state index is 12.7. The van der Waals surface area contributed by atoms with Gasteiger partial charge in [0.05, 0.1) is 30.5 Å². The van der Waals surface area contributed by atoms with Crippen molar-refractivity contribution in [2.24, 2.45) is 5.41 Å². The molecule has 12 heteroatoms. The fourth-order valence-corrected chi connectivity index (χ4v) is 4.08. The Balaban J connectivity index is 1.62. The first kappa shape index (κ1) is 25.3. The number of para-hydroxylation sites is 1. The van der Waals surface area contributed by atoms with Crippen LogP contribution in [-0.4, -0.2) is 48.9 Å². The van der Waals surface area contributed by atoms with Crippen molar-refractivity contribution in [3.8, 4) is 5.75 Å². The summed E-state index contributed by atoms with van der Waals surface area (Å²) in [5, 5.41) is 16.3. The number of carbonyl (C=O) groups is 1. The number of phenolic OH excluding ortho intramolecular Hbond substituents is 1. The van der Waals surface area contributed by atoms with Crippen LogP contribution in [0, 0.1) is 12.3 Å². The van der Waals surface area contributed by atoms with Crippen molar-refractivity contribution in [1.29, 1.82) is 0 Å². The molecule has 1 saturated heterocycles. The number of aromatic hydroxyl groups is 1. The van der Waals surface area contributed by atoms with Crippen LogP contribution in [-0.2, 0) is 4.74 Å². The molecule has 1 amide bonds. The molecule has 0 unspecified atom stereocenters. The molecule has 0 aliphatic carbocycles. The maximum absolute atomic E-state index is 12.7. The van der Waals surface area contributed by atoms with Gasteiger partial charge in [-0.15, -0.1) is 0 Å². The summed E-state index contributed by atoms with van der Waals surface area (Å²) in [7, 11) is 0.954. The number of nitrogens with one attached hydrogen (secondary N) is 2. The third-order valence-corrected chi connectivity index (χ3v) is 6.09. The number of hydrogen-bond acceptors (Lipinski definition) is 8. The Morgan fingerprint density at radius 1 is 1.17 bits per heavy atom. The van der Waals surface area contributed by atoms with Crippen LogP contribution in [0.2, 0.25) is 0 Å². The highest BCUT2D eigenvalue weighted by Crippen LogP contribution is 2.43. The monoisotopic (exact) mass is 507 g/mol. The second-order valence-electron chi connectivity index (χ2n) is 9.18. The molecule has 0 saturated carbocycles. The smallest absolute Gasteiger partial charge is 0.406 e. The molecule has 0 radical (unpaired) electrons. The van der Waals surface area contributed by atoms with E-state index in [1.807, 2.05) is 6.92 Å². The number of rotatable bonds is 8. The van der Waals surface area contributed by atoms with Gasteiger partial charge in [0.2, 0.25) is 0 Å². The molecule has 1 aliphatic rings. The standard InChI is InChI=1S/C24H24F3N3O6/c1-12-7-8-15(36-12)21(23(2)10-35-11-23)29-17-16(19(32)20(17)33)28-14-6-4-5-13(18(14)31)22(34)30(3)9-24(25,26)27/h4-8,21,28-29,31H,9-11H2,1-3H3/t21-/m0/s1. The van der Waals surface area contributed by atoms with E-state index in [-0.39, 0.29) is 17.1 Å². The summed E-state index contributed by atoms with van der Waals surface area (Å²) in [5.41, 5.74) is -2.79. The second kappa shape index (κ2) is 9.01. The third-order valence-electron chi connectivity index (χ3n) is 6.09. The number of aryl methyl sites for hydroxylation is 1. The van der Waals surface area contributed by atoms with E-state index in [0.717, 1.165) is 13.1 Å². The van der Waals surface area contributed by atoms with Crippen LogP contribution >= 0.6 is 0 Å². The molecule has 36 heavy (non-hydrogen) atoms. The van der Waals surface area contributed by atoms with Gasteiger partial charge in [-0.05, 0) is 31.2 Å². The predicted molar refractivity (Wildman–Crippen MR) is 124 cm³/mol. The Labute approximate surface area is 203 Å². The molecular formula is C24H24F3N3O6. The molecule has 1 atom stereocenters. The van der Waals surface area contributed by atoms with E-state index in [9.17, 15) is 32.7 Å². The number of furan rings is 1. The normalized spacial score (nSPS) is 15.8.